The van der Waals surface area contributed by atoms with E-state index in [2.05, 4.69) is 28.9 Å². The van der Waals surface area contributed by atoms with E-state index in [0.29, 0.717) is 36.4 Å². The number of anilines is 1. The summed E-state index contributed by atoms with van der Waals surface area (Å²) in [5.41, 5.74) is 3.71. The van der Waals surface area contributed by atoms with Crippen molar-refractivity contribution in [3.63, 3.8) is 0 Å². The quantitative estimate of drug-likeness (QED) is 0.260. The Morgan fingerprint density at radius 3 is 2.35 bits per heavy atom. The Labute approximate surface area is 221 Å². The molecule has 0 N–H and O–H groups in total. The third-order valence-corrected chi connectivity index (χ3v) is 7.29. The summed E-state index contributed by atoms with van der Waals surface area (Å²) in [6.45, 7) is 6.50. The van der Waals surface area contributed by atoms with Gasteiger partial charge in [-0.2, -0.15) is 0 Å². The molecule has 190 valence electrons. The fourth-order valence-corrected chi connectivity index (χ4v) is 4.96. The van der Waals surface area contributed by atoms with Crippen LogP contribution in [0.1, 0.15) is 30.5 Å². The molecule has 0 fully saturated rings. The van der Waals surface area contributed by atoms with Gasteiger partial charge in [-0.25, -0.2) is 9.37 Å². The van der Waals surface area contributed by atoms with Crippen LogP contribution in [0.2, 0.25) is 0 Å². The number of fused-ring (bicyclic) bond motifs is 1. The molecule has 0 saturated heterocycles. The second kappa shape index (κ2) is 12.4. The van der Waals surface area contributed by atoms with E-state index < -0.39 is 0 Å². The summed E-state index contributed by atoms with van der Waals surface area (Å²) in [5, 5.41) is 0.780. The zero-order valence-electron chi connectivity index (χ0n) is 21.3. The maximum atomic E-state index is 14.4. The predicted octanol–water partition coefficient (Wildman–Crippen LogP) is 5.91. The van der Waals surface area contributed by atoms with Crippen LogP contribution in [0.4, 0.5) is 9.52 Å². The minimum absolute atomic E-state index is 0.165. The van der Waals surface area contributed by atoms with Crippen molar-refractivity contribution in [3.8, 4) is 17.6 Å². The van der Waals surface area contributed by atoms with E-state index in [4.69, 9.17) is 9.72 Å². The number of aromatic nitrogens is 1. The van der Waals surface area contributed by atoms with Crippen molar-refractivity contribution in [1.29, 1.82) is 0 Å². The summed E-state index contributed by atoms with van der Waals surface area (Å²) in [6.07, 6.45) is 0.805. The number of thiazole rings is 1. The fraction of sp³-hybridized carbons (Fsp3) is 0.267. The maximum Gasteiger partial charge on any atom is 0.298 e. The Morgan fingerprint density at radius 1 is 1.00 bits per heavy atom. The largest absolute Gasteiger partial charge is 0.497 e. The first kappa shape index (κ1) is 26.2. The summed E-state index contributed by atoms with van der Waals surface area (Å²) in [7, 11) is 1.66. The lowest BCUT2D eigenvalue weighted by Crippen LogP contribution is -2.29. The number of ether oxygens (including phenoxy) is 1. The van der Waals surface area contributed by atoms with E-state index in [0.717, 1.165) is 28.4 Å². The van der Waals surface area contributed by atoms with Gasteiger partial charge in [0.05, 0.1) is 17.3 Å². The first-order chi connectivity index (χ1) is 18.0. The van der Waals surface area contributed by atoms with Crippen LogP contribution in [-0.4, -0.2) is 42.5 Å². The molecule has 0 radical (unpaired) electrons. The van der Waals surface area contributed by atoms with Gasteiger partial charge in [0.15, 0.2) is 5.13 Å². The molecule has 3 aromatic carbocycles. The molecule has 37 heavy (non-hydrogen) atoms. The van der Waals surface area contributed by atoms with E-state index in [1.54, 1.807) is 18.1 Å². The van der Waals surface area contributed by atoms with E-state index in [1.807, 2.05) is 56.3 Å². The minimum atomic E-state index is -0.251. The first-order valence-corrected chi connectivity index (χ1v) is 13.1. The molecule has 0 unspecified atom stereocenters. The number of carbonyl (C=O) groups is 1. The van der Waals surface area contributed by atoms with Gasteiger partial charge in [0.1, 0.15) is 11.6 Å². The van der Waals surface area contributed by atoms with Crippen molar-refractivity contribution >= 4 is 32.6 Å². The number of benzene rings is 3. The highest BCUT2D eigenvalue weighted by Gasteiger charge is 2.15. The molecule has 0 aliphatic heterocycles. The third kappa shape index (κ3) is 6.66. The molecule has 1 amide bonds. The fourth-order valence-electron chi connectivity index (χ4n) is 3.97. The van der Waals surface area contributed by atoms with Gasteiger partial charge >= 0.3 is 0 Å². The van der Waals surface area contributed by atoms with Crippen LogP contribution >= 0.6 is 11.3 Å². The number of carbonyl (C=O) groups excluding carboxylic acids is 1. The van der Waals surface area contributed by atoms with Crippen LogP contribution in [0.3, 0.4) is 0 Å². The van der Waals surface area contributed by atoms with Crippen molar-refractivity contribution < 1.29 is 13.9 Å². The highest BCUT2D eigenvalue weighted by atomic mass is 32.1. The Balaban J connectivity index is 1.53. The van der Waals surface area contributed by atoms with E-state index in [1.165, 1.54) is 23.0 Å². The Bertz CT molecular complexity index is 1400. The molecule has 4 aromatic rings. The standard InChI is InChI=1S/C30H30FN3O2S/c1-4-33(5-2)28(35)18-15-22-9-11-24(12-10-22)21-34(20-19-23-13-16-25(36-3)17-14-23)30-32-27-8-6-7-26(31)29(27)37-30/h6-14,16-17H,4-5,19-21H2,1-3H3. The smallest absolute Gasteiger partial charge is 0.298 e. The third-order valence-electron chi connectivity index (χ3n) is 6.15. The molecule has 0 aliphatic carbocycles. The van der Waals surface area contributed by atoms with Gasteiger partial charge in [-0.05, 0) is 67.8 Å². The molecule has 0 saturated carbocycles. The summed E-state index contributed by atoms with van der Waals surface area (Å²) in [5.74, 6) is 6.10. The zero-order chi connectivity index (χ0) is 26.2. The van der Waals surface area contributed by atoms with Crippen LogP contribution in [0.25, 0.3) is 10.2 Å². The number of rotatable bonds is 9. The lowest BCUT2D eigenvalue weighted by molar-refractivity contribution is -0.124. The predicted molar refractivity (Wildman–Crippen MR) is 149 cm³/mol. The maximum absolute atomic E-state index is 14.4. The zero-order valence-corrected chi connectivity index (χ0v) is 22.1. The summed E-state index contributed by atoms with van der Waals surface area (Å²) in [4.78, 5) is 20.8. The number of nitrogens with zero attached hydrogens (tertiary/aromatic N) is 3. The molecule has 1 heterocycles. The minimum Gasteiger partial charge on any atom is -0.497 e. The van der Waals surface area contributed by atoms with Crippen LogP contribution in [0, 0.1) is 17.7 Å². The Morgan fingerprint density at radius 2 is 1.70 bits per heavy atom. The van der Waals surface area contributed by atoms with Gasteiger partial charge in [0.25, 0.3) is 5.91 Å². The number of halogens is 1. The van der Waals surface area contributed by atoms with Gasteiger partial charge in [-0.1, -0.05) is 47.6 Å². The van der Waals surface area contributed by atoms with Crippen LogP contribution in [-0.2, 0) is 17.8 Å². The summed E-state index contributed by atoms with van der Waals surface area (Å²) < 4.78 is 20.2. The molecule has 0 spiro atoms. The Kier molecular flexibility index (Phi) is 8.76. The molecule has 7 heteroatoms. The lowest BCUT2D eigenvalue weighted by Gasteiger charge is -2.22. The molecule has 4 rings (SSSR count). The van der Waals surface area contributed by atoms with Gasteiger partial charge in [-0.3, -0.25) is 4.79 Å². The van der Waals surface area contributed by atoms with Gasteiger partial charge in [0, 0.05) is 37.7 Å². The second-order valence-electron chi connectivity index (χ2n) is 8.53. The van der Waals surface area contributed by atoms with Crippen molar-refractivity contribution in [3.05, 3.63) is 89.2 Å². The second-order valence-corrected chi connectivity index (χ2v) is 9.51. The molecular formula is C30H30FN3O2S. The lowest BCUT2D eigenvalue weighted by atomic mass is 10.1. The number of methoxy groups -OCH3 is 1. The average Bonchev–Trinajstić information content (AvgIpc) is 3.37. The first-order valence-electron chi connectivity index (χ1n) is 12.3. The van der Waals surface area contributed by atoms with E-state index in [9.17, 15) is 9.18 Å². The van der Waals surface area contributed by atoms with Crippen LogP contribution in [0.15, 0.2) is 66.7 Å². The summed E-state index contributed by atoms with van der Waals surface area (Å²) in [6, 6.07) is 20.9. The number of hydrogen-bond acceptors (Lipinski definition) is 5. The molecular weight excluding hydrogens is 485 g/mol. The van der Waals surface area contributed by atoms with Gasteiger partial charge in [-0.15, -0.1) is 0 Å². The molecule has 5 nitrogen and oxygen atoms in total. The SMILES string of the molecule is CCN(CC)C(=O)C#Cc1ccc(CN(CCc2ccc(OC)cc2)c2nc3cccc(F)c3s2)cc1. The van der Waals surface area contributed by atoms with E-state index in [-0.39, 0.29) is 11.7 Å². The van der Waals surface area contributed by atoms with E-state index >= 15 is 0 Å². The number of hydrogen-bond donors (Lipinski definition) is 0. The molecule has 0 atom stereocenters. The van der Waals surface area contributed by atoms with Gasteiger partial charge < -0.3 is 14.5 Å². The topological polar surface area (TPSA) is 45.7 Å². The van der Waals surface area contributed by atoms with Crippen molar-refractivity contribution in [2.24, 2.45) is 0 Å². The van der Waals surface area contributed by atoms with Crippen LogP contribution in [0.5, 0.6) is 5.75 Å². The normalized spacial score (nSPS) is 10.6. The van der Waals surface area contributed by atoms with Gasteiger partial charge in [0.2, 0.25) is 0 Å². The average molecular weight is 516 g/mol. The number of amides is 1. The molecule has 1 aromatic heterocycles. The summed E-state index contributed by atoms with van der Waals surface area (Å²) >= 11 is 1.37. The van der Waals surface area contributed by atoms with Crippen molar-refractivity contribution in [2.45, 2.75) is 26.8 Å². The highest BCUT2D eigenvalue weighted by molar-refractivity contribution is 7.22. The molecule has 0 aliphatic rings. The Hall–Kier alpha value is -3.89. The monoisotopic (exact) mass is 515 g/mol. The van der Waals surface area contributed by atoms with Crippen LogP contribution < -0.4 is 9.64 Å². The molecule has 0 bridgehead atoms. The van der Waals surface area contributed by atoms with Crippen molar-refractivity contribution in [2.75, 3.05) is 31.6 Å². The van der Waals surface area contributed by atoms with Crippen molar-refractivity contribution in [1.82, 2.24) is 9.88 Å². The highest BCUT2D eigenvalue weighted by Crippen LogP contribution is 2.31.